The Morgan fingerprint density at radius 1 is 1.30 bits per heavy atom. The van der Waals surface area contributed by atoms with Crippen LogP contribution in [0, 0.1) is 0 Å². The number of nitrogens with zero attached hydrogens (tertiary/aromatic N) is 2. The van der Waals surface area contributed by atoms with Crippen molar-refractivity contribution >= 4 is 23.2 Å². The van der Waals surface area contributed by atoms with Gasteiger partial charge >= 0.3 is 5.97 Å². The van der Waals surface area contributed by atoms with Crippen molar-refractivity contribution in [2.24, 2.45) is 0 Å². The van der Waals surface area contributed by atoms with Gasteiger partial charge < -0.3 is 19.5 Å². The maximum atomic E-state index is 12.8. The standard InChI is InChI=1S/C19H22N2O5S/c1-25-16-7-12-5-6-21(18(22)4-3-13-10-27-11-20-13)15(9-19(23)24)14(12)8-17(16)26-2/h7-8,10-11,15H,3-6,9H2,1-2H3,(H,23,24). The van der Waals surface area contributed by atoms with Crippen molar-refractivity contribution in [2.45, 2.75) is 31.7 Å². The van der Waals surface area contributed by atoms with Crippen molar-refractivity contribution in [1.82, 2.24) is 9.88 Å². The Labute approximate surface area is 161 Å². The van der Waals surface area contributed by atoms with Crippen LogP contribution in [0.2, 0.25) is 0 Å². The third kappa shape index (κ3) is 4.21. The average molecular weight is 390 g/mol. The lowest BCUT2D eigenvalue weighted by Gasteiger charge is -2.37. The third-order valence-electron chi connectivity index (χ3n) is 4.77. The first kappa shape index (κ1) is 19.2. The molecule has 0 saturated heterocycles. The molecule has 0 aliphatic carbocycles. The van der Waals surface area contributed by atoms with E-state index in [2.05, 4.69) is 4.98 Å². The van der Waals surface area contributed by atoms with E-state index in [1.54, 1.807) is 23.6 Å². The number of aryl methyl sites for hydroxylation is 1. The van der Waals surface area contributed by atoms with Gasteiger partial charge in [0.15, 0.2) is 11.5 Å². The highest BCUT2D eigenvalue weighted by molar-refractivity contribution is 7.07. The van der Waals surface area contributed by atoms with Gasteiger partial charge in [0.25, 0.3) is 0 Å². The van der Waals surface area contributed by atoms with Crippen LogP contribution in [-0.2, 0) is 22.4 Å². The highest BCUT2D eigenvalue weighted by Crippen LogP contribution is 2.39. The minimum Gasteiger partial charge on any atom is -0.493 e. The molecule has 1 aliphatic rings. The number of carboxylic acid groups (broad SMARTS) is 1. The molecule has 1 aliphatic heterocycles. The van der Waals surface area contributed by atoms with Crippen molar-refractivity contribution in [3.05, 3.63) is 39.8 Å². The molecule has 1 aromatic heterocycles. The van der Waals surface area contributed by atoms with Crippen LogP contribution in [0.15, 0.2) is 23.0 Å². The summed E-state index contributed by atoms with van der Waals surface area (Å²) in [5, 5.41) is 11.3. The van der Waals surface area contributed by atoms with E-state index in [-0.39, 0.29) is 12.3 Å². The van der Waals surface area contributed by atoms with E-state index < -0.39 is 12.0 Å². The van der Waals surface area contributed by atoms with Gasteiger partial charge in [-0.25, -0.2) is 4.98 Å². The molecule has 1 aromatic carbocycles. The van der Waals surface area contributed by atoms with E-state index >= 15 is 0 Å². The lowest BCUT2D eigenvalue weighted by atomic mass is 9.89. The molecule has 8 heteroatoms. The molecule has 0 radical (unpaired) electrons. The molecule has 0 saturated carbocycles. The van der Waals surface area contributed by atoms with Crippen LogP contribution in [0.3, 0.4) is 0 Å². The number of amides is 1. The Kier molecular flexibility index (Phi) is 5.95. The molecule has 0 bridgehead atoms. The number of carbonyl (C=O) groups is 2. The zero-order valence-corrected chi connectivity index (χ0v) is 16.1. The SMILES string of the molecule is COc1cc2c(cc1OC)C(CC(=O)O)N(C(=O)CCc1cscn1)CC2. The first-order chi connectivity index (χ1) is 13.0. The van der Waals surface area contributed by atoms with Gasteiger partial charge in [0.2, 0.25) is 5.91 Å². The Morgan fingerprint density at radius 3 is 2.67 bits per heavy atom. The second-order valence-electron chi connectivity index (χ2n) is 6.34. The fraction of sp³-hybridized carbons (Fsp3) is 0.421. The Hall–Kier alpha value is -2.61. The predicted octanol–water partition coefficient (Wildman–Crippen LogP) is 2.69. The van der Waals surface area contributed by atoms with E-state index in [1.165, 1.54) is 18.4 Å². The molecule has 1 unspecified atom stereocenters. The summed E-state index contributed by atoms with van der Waals surface area (Å²) < 4.78 is 10.7. The molecule has 3 rings (SSSR count). The fourth-order valence-corrected chi connectivity index (χ4v) is 4.04. The fourth-order valence-electron chi connectivity index (χ4n) is 3.45. The molecule has 0 fully saturated rings. The number of carboxylic acids is 1. The number of methoxy groups -OCH3 is 2. The number of aliphatic carboxylic acids is 1. The number of benzene rings is 1. The summed E-state index contributed by atoms with van der Waals surface area (Å²) in [7, 11) is 3.10. The summed E-state index contributed by atoms with van der Waals surface area (Å²) in [5.41, 5.74) is 4.42. The van der Waals surface area contributed by atoms with Crippen LogP contribution in [0.1, 0.15) is 35.7 Å². The third-order valence-corrected chi connectivity index (χ3v) is 5.40. The van der Waals surface area contributed by atoms with Crippen LogP contribution in [-0.4, -0.2) is 47.6 Å². The molecule has 2 heterocycles. The molecule has 1 amide bonds. The van der Waals surface area contributed by atoms with Crippen molar-refractivity contribution in [1.29, 1.82) is 0 Å². The summed E-state index contributed by atoms with van der Waals surface area (Å²) in [4.78, 5) is 30.2. The number of rotatable bonds is 7. The smallest absolute Gasteiger partial charge is 0.305 e. The maximum Gasteiger partial charge on any atom is 0.305 e. The molecular formula is C19H22N2O5S. The highest BCUT2D eigenvalue weighted by Gasteiger charge is 2.33. The first-order valence-corrected chi connectivity index (χ1v) is 9.61. The zero-order chi connectivity index (χ0) is 19.4. The number of hydrogen-bond acceptors (Lipinski definition) is 6. The van der Waals surface area contributed by atoms with Crippen molar-refractivity contribution in [3.63, 3.8) is 0 Å². The molecule has 1 atom stereocenters. The molecular weight excluding hydrogens is 368 g/mol. The van der Waals surface area contributed by atoms with E-state index in [9.17, 15) is 14.7 Å². The molecule has 27 heavy (non-hydrogen) atoms. The number of fused-ring (bicyclic) bond motifs is 1. The van der Waals surface area contributed by atoms with Gasteiger partial charge in [-0.15, -0.1) is 11.3 Å². The molecule has 7 nitrogen and oxygen atoms in total. The number of hydrogen-bond donors (Lipinski definition) is 1. The van der Waals surface area contributed by atoms with E-state index in [1.807, 2.05) is 11.4 Å². The van der Waals surface area contributed by atoms with Gasteiger partial charge in [0.1, 0.15) is 0 Å². The highest BCUT2D eigenvalue weighted by atomic mass is 32.1. The topological polar surface area (TPSA) is 89.0 Å². The van der Waals surface area contributed by atoms with Crippen LogP contribution in [0.5, 0.6) is 11.5 Å². The number of carbonyl (C=O) groups excluding carboxylic acids is 1. The first-order valence-electron chi connectivity index (χ1n) is 8.66. The van der Waals surface area contributed by atoms with Crippen LogP contribution in [0.25, 0.3) is 0 Å². The van der Waals surface area contributed by atoms with Gasteiger partial charge in [-0.3, -0.25) is 9.59 Å². The normalized spacial score (nSPS) is 15.9. The Morgan fingerprint density at radius 2 is 2.04 bits per heavy atom. The largest absolute Gasteiger partial charge is 0.493 e. The van der Waals surface area contributed by atoms with Crippen molar-refractivity contribution < 1.29 is 24.2 Å². The minimum atomic E-state index is -0.945. The minimum absolute atomic E-state index is 0.0605. The Bertz CT molecular complexity index is 822. The molecule has 0 spiro atoms. The van der Waals surface area contributed by atoms with Gasteiger partial charge in [0, 0.05) is 18.3 Å². The van der Waals surface area contributed by atoms with Gasteiger partial charge in [-0.1, -0.05) is 0 Å². The number of thiazole rings is 1. The summed E-state index contributed by atoms with van der Waals surface area (Å²) in [6, 6.07) is 3.15. The quantitative estimate of drug-likeness (QED) is 0.782. The molecule has 2 aromatic rings. The predicted molar refractivity (Wildman–Crippen MR) is 100 cm³/mol. The second kappa shape index (κ2) is 8.39. The van der Waals surface area contributed by atoms with E-state index in [4.69, 9.17) is 9.47 Å². The Balaban J connectivity index is 1.87. The van der Waals surface area contributed by atoms with Crippen LogP contribution in [0.4, 0.5) is 0 Å². The van der Waals surface area contributed by atoms with Gasteiger partial charge in [-0.05, 0) is 36.1 Å². The summed E-state index contributed by atoms with van der Waals surface area (Å²) in [6.07, 6.45) is 1.36. The zero-order valence-electron chi connectivity index (χ0n) is 15.3. The summed E-state index contributed by atoms with van der Waals surface area (Å²) >= 11 is 1.49. The molecule has 144 valence electrons. The number of ether oxygens (including phenoxy) is 2. The van der Waals surface area contributed by atoms with Crippen LogP contribution < -0.4 is 9.47 Å². The monoisotopic (exact) mass is 390 g/mol. The van der Waals surface area contributed by atoms with Crippen molar-refractivity contribution in [2.75, 3.05) is 20.8 Å². The average Bonchev–Trinajstić information content (AvgIpc) is 3.18. The van der Waals surface area contributed by atoms with E-state index in [0.29, 0.717) is 37.3 Å². The van der Waals surface area contributed by atoms with Gasteiger partial charge in [0.05, 0.1) is 37.9 Å². The summed E-state index contributed by atoms with van der Waals surface area (Å²) in [6.45, 7) is 0.482. The lowest BCUT2D eigenvalue weighted by molar-refractivity contribution is -0.141. The summed E-state index contributed by atoms with van der Waals surface area (Å²) in [5.74, 6) is 0.131. The van der Waals surface area contributed by atoms with Gasteiger partial charge in [-0.2, -0.15) is 0 Å². The second-order valence-corrected chi connectivity index (χ2v) is 7.06. The van der Waals surface area contributed by atoms with Crippen molar-refractivity contribution in [3.8, 4) is 11.5 Å². The lowest BCUT2D eigenvalue weighted by Crippen LogP contribution is -2.41. The van der Waals surface area contributed by atoms with E-state index in [0.717, 1.165) is 16.8 Å². The number of aromatic nitrogens is 1. The molecule has 1 N–H and O–H groups in total. The maximum absolute atomic E-state index is 12.8. The van der Waals surface area contributed by atoms with Crippen LogP contribution >= 0.6 is 11.3 Å².